The zero-order chi connectivity index (χ0) is 11.5. The van der Waals surface area contributed by atoms with Crippen LogP contribution in [0.4, 0.5) is 0 Å². The minimum atomic E-state index is 0.832. The number of ether oxygens (including phenoxy) is 1. The van der Waals surface area contributed by atoms with E-state index in [0.717, 1.165) is 26.2 Å². The average Bonchev–Trinajstić information content (AvgIpc) is 2.28. The third kappa shape index (κ3) is 2.76. The summed E-state index contributed by atoms with van der Waals surface area (Å²) >= 11 is 2.42. The lowest BCUT2D eigenvalue weighted by molar-refractivity contribution is 0.141. The Bertz CT molecular complexity index is 378. The number of benzene rings is 1. The minimum absolute atomic E-state index is 0.832. The first kappa shape index (κ1) is 12.3. The highest BCUT2D eigenvalue weighted by Crippen LogP contribution is 2.23. The van der Waals surface area contributed by atoms with Gasteiger partial charge in [-0.3, -0.25) is 4.90 Å². The largest absolute Gasteiger partial charge is 0.383 e. The van der Waals surface area contributed by atoms with Gasteiger partial charge in [0.1, 0.15) is 0 Å². The molecule has 0 saturated carbocycles. The molecular formula is C13H18INO. The lowest BCUT2D eigenvalue weighted by Gasteiger charge is -2.29. The van der Waals surface area contributed by atoms with Crippen LogP contribution in [0.3, 0.4) is 0 Å². The van der Waals surface area contributed by atoms with Crippen LogP contribution in [0.15, 0.2) is 12.1 Å². The van der Waals surface area contributed by atoms with E-state index in [4.69, 9.17) is 4.74 Å². The fourth-order valence-corrected chi connectivity index (χ4v) is 2.70. The van der Waals surface area contributed by atoms with Gasteiger partial charge in [0, 0.05) is 30.3 Å². The summed E-state index contributed by atoms with van der Waals surface area (Å²) in [5.41, 5.74) is 4.44. The molecule has 0 spiro atoms. The van der Waals surface area contributed by atoms with Crippen molar-refractivity contribution in [2.45, 2.75) is 19.9 Å². The van der Waals surface area contributed by atoms with Crippen LogP contribution in [0.2, 0.25) is 0 Å². The summed E-state index contributed by atoms with van der Waals surface area (Å²) in [5, 5.41) is 0. The van der Waals surface area contributed by atoms with E-state index in [0.29, 0.717) is 0 Å². The maximum atomic E-state index is 5.13. The van der Waals surface area contributed by atoms with Crippen molar-refractivity contribution in [1.29, 1.82) is 0 Å². The summed E-state index contributed by atoms with van der Waals surface area (Å²) in [4.78, 5) is 2.47. The number of aryl methyl sites for hydroxylation is 1. The SMILES string of the molecule is COCCN1CCc2cc(C)c(I)cc2C1. The molecule has 1 heterocycles. The summed E-state index contributed by atoms with van der Waals surface area (Å²) < 4.78 is 6.51. The van der Waals surface area contributed by atoms with E-state index in [2.05, 4.69) is 46.5 Å². The van der Waals surface area contributed by atoms with Gasteiger partial charge in [-0.2, -0.15) is 0 Å². The molecule has 0 aliphatic carbocycles. The van der Waals surface area contributed by atoms with Gasteiger partial charge < -0.3 is 4.74 Å². The van der Waals surface area contributed by atoms with Gasteiger partial charge in [0.15, 0.2) is 0 Å². The first-order valence-corrected chi connectivity index (χ1v) is 6.78. The fraction of sp³-hybridized carbons (Fsp3) is 0.538. The average molecular weight is 331 g/mol. The van der Waals surface area contributed by atoms with E-state index in [1.165, 1.54) is 26.7 Å². The van der Waals surface area contributed by atoms with Gasteiger partial charge in [0.25, 0.3) is 0 Å². The van der Waals surface area contributed by atoms with Crippen molar-refractivity contribution in [3.63, 3.8) is 0 Å². The van der Waals surface area contributed by atoms with Gasteiger partial charge in [-0.25, -0.2) is 0 Å². The van der Waals surface area contributed by atoms with Crippen LogP contribution in [-0.4, -0.2) is 31.7 Å². The highest BCUT2D eigenvalue weighted by atomic mass is 127. The van der Waals surface area contributed by atoms with E-state index in [1.807, 2.05) is 0 Å². The Morgan fingerprint density at radius 2 is 2.19 bits per heavy atom. The first-order valence-electron chi connectivity index (χ1n) is 5.70. The van der Waals surface area contributed by atoms with Crippen LogP contribution < -0.4 is 0 Å². The summed E-state index contributed by atoms with van der Waals surface area (Å²) in [6.45, 7) is 6.31. The molecule has 0 radical (unpaired) electrons. The van der Waals surface area contributed by atoms with Crippen LogP contribution in [0.1, 0.15) is 16.7 Å². The molecule has 0 bridgehead atoms. The second-order valence-electron chi connectivity index (χ2n) is 4.39. The van der Waals surface area contributed by atoms with E-state index in [1.54, 1.807) is 7.11 Å². The van der Waals surface area contributed by atoms with Crippen molar-refractivity contribution in [2.24, 2.45) is 0 Å². The van der Waals surface area contributed by atoms with Crippen LogP contribution in [0, 0.1) is 10.5 Å². The zero-order valence-corrected chi connectivity index (χ0v) is 12.1. The Labute approximate surface area is 111 Å². The van der Waals surface area contributed by atoms with Gasteiger partial charge >= 0.3 is 0 Å². The van der Waals surface area contributed by atoms with Crippen LogP contribution >= 0.6 is 22.6 Å². The third-order valence-corrected chi connectivity index (χ3v) is 4.35. The Balaban J connectivity index is 2.11. The number of fused-ring (bicyclic) bond motifs is 1. The smallest absolute Gasteiger partial charge is 0.0589 e. The quantitative estimate of drug-likeness (QED) is 0.790. The van der Waals surface area contributed by atoms with Gasteiger partial charge in [-0.1, -0.05) is 6.07 Å². The van der Waals surface area contributed by atoms with Crippen LogP contribution in [0.5, 0.6) is 0 Å². The lowest BCUT2D eigenvalue weighted by atomic mass is 9.98. The molecule has 1 aliphatic heterocycles. The summed E-state index contributed by atoms with van der Waals surface area (Å²) in [6.07, 6.45) is 1.18. The van der Waals surface area contributed by atoms with Crippen molar-refractivity contribution < 1.29 is 4.74 Å². The molecule has 88 valence electrons. The molecule has 3 heteroatoms. The number of halogens is 1. The lowest BCUT2D eigenvalue weighted by Crippen LogP contribution is -2.33. The Hall–Kier alpha value is -0.130. The number of hydrogen-bond donors (Lipinski definition) is 0. The summed E-state index contributed by atoms with van der Waals surface area (Å²) in [6, 6.07) is 4.69. The number of rotatable bonds is 3. The molecule has 0 atom stereocenters. The number of hydrogen-bond acceptors (Lipinski definition) is 2. The molecule has 1 aliphatic rings. The Kier molecular flexibility index (Phi) is 4.21. The molecule has 0 saturated heterocycles. The van der Waals surface area contributed by atoms with Crippen molar-refractivity contribution in [2.75, 3.05) is 26.8 Å². The Morgan fingerprint density at radius 3 is 2.94 bits per heavy atom. The summed E-state index contributed by atoms with van der Waals surface area (Å²) in [7, 11) is 1.77. The van der Waals surface area contributed by atoms with Crippen molar-refractivity contribution in [3.05, 3.63) is 32.4 Å². The highest BCUT2D eigenvalue weighted by molar-refractivity contribution is 14.1. The van der Waals surface area contributed by atoms with Gasteiger partial charge in [-0.05, 0) is 58.7 Å². The Morgan fingerprint density at radius 1 is 1.38 bits per heavy atom. The van der Waals surface area contributed by atoms with E-state index in [-0.39, 0.29) is 0 Å². The highest BCUT2D eigenvalue weighted by Gasteiger charge is 2.16. The van der Waals surface area contributed by atoms with Gasteiger partial charge in [-0.15, -0.1) is 0 Å². The molecule has 0 unspecified atom stereocenters. The predicted octanol–water partition coefficient (Wildman–Crippen LogP) is 2.60. The first-order chi connectivity index (χ1) is 7.70. The molecule has 1 aromatic carbocycles. The normalized spacial score (nSPS) is 16.2. The molecule has 0 N–H and O–H groups in total. The molecule has 2 rings (SSSR count). The van der Waals surface area contributed by atoms with Crippen molar-refractivity contribution in [1.82, 2.24) is 4.90 Å². The van der Waals surface area contributed by atoms with E-state index >= 15 is 0 Å². The molecule has 0 aromatic heterocycles. The minimum Gasteiger partial charge on any atom is -0.383 e. The second-order valence-corrected chi connectivity index (χ2v) is 5.55. The summed E-state index contributed by atoms with van der Waals surface area (Å²) in [5.74, 6) is 0. The molecule has 2 nitrogen and oxygen atoms in total. The van der Waals surface area contributed by atoms with Gasteiger partial charge in [0.2, 0.25) is 0 Å². The van der Waals surface area contributed by atoms with Crippen LogP contribution in [0.25, 0.3) is 0 Å². The number of methoxy groups -OCH3 is 1. The predicted molar refractivity (Wildman–Crippen MR) is 74.8 cm³/mol. The number of nitrogens with zero attached hydrogens (tertiary/aromatic N) is 1. The van der Waals surface area contributed by atoms with E-state index < -0.39 is 0 Å². The second kappa shape index (κ2) is 5.47. The molecular weight excluding hydrogens is 313 g/mol. The molecule has 0 fully saturated rings. The van der Waals surface area contributed by atoms with Gasteiger partial charge in [0.05, 0.1) is 6.61 Å². The van der Waals surface area contributed by atoms with Crippen LogP contribution in [-0.2, 0) is 17.7 Å². The monoisotopic (exact) mass is 331 g/mol. The fourth-order valence-electron chi connectivity index (χ4n) is 2.17. The zero-order valence-electron chi connectivity index (χ0n) is 9.92. The third-order valence-electron chi connectivity index (χ3n) is 3.18. The molecule has 0 amide bonds. The molecule has 16 heavy (non-hydrogen) atoms. The maximum absolute atomic E-state index is 5.13. The van der Waals surface area contributed by atoms with E-state index in [9.17, 15) is 0 Å². The van der Waals surface area contributed by atoms with Crippen molar-refractivity contribution in [3.8, 4) is 0 Å². The molecule has 1 aromatic rings. The van der Waals surface area contributed by atoms with Crippen molar-refractivity contribution >= 4 is 22.6 Å². The maximum Gasteiger partial charge on any atom is 0.0589 e. The topological polar surface area (TPSA) is 12.5 Å². The standard InChI is InChI=1S/C13H18INO/c1-10-7-11-3-4-15(5-6-16-2)9-12(11)8-13(10)14/h7-8H,3-6,9H2,1-2H3.